The Morgan fingerprint density at radius 2 is 2.14 bits per heavy atom. The molecule has 2 atom stereocenters. The number of carbonyl (C=O) groups is 1. The topological polar surface area (TPSA) is 59.4 Å². The molecule has 1 heterocycles. The Morgan fingerprint density at radius 3 is 2.77 bits per heavy atom. The van der Waals surface area contributed by atoms with Crippen molar-refractivity contribution in [1.82, 2.24) is 9.80 Å². The van der Waals surface area contributed by atoms with Gasteiger partial charge in [0, 0.05) is 25.2 Å². The zero-order chi connectivity index (χ0) is 16.3. The summed E-state index contributed by atoms with van der Waals surface area (Å²) in [6.45, 7) is 8.61. The van der Waals surface area contributed by atoms with Gasteiger partial charge >= 0.3 is 6.03 Å². The van der Waals surface area contributed by atoms with Crippen LogP contribution in [0.5, 0.6) is 0 Å². The predicted molar refractivity (Wildman–Crippen MR) is 83.0 cm³/mol. The van der Waals surface area contributed by atoms with Crippen molar-refractivity contribution in [3.05, 3.63) is 29.6 Å². The van der Waals surface area contributed by atoms with E-state index in [0.717, 1.165) is 19.2 Å². The molecule has 0 aliphatic carbocycles. The zero-order valence-electron chi connectivity index (χ0n) is 13.1. The quantitative estimate of drug-likeness (QED) is 0.913. The van der Waals surface area contributed by atoms with E-state index in [1.54, 1.807) is 4.90 Å². The van der Waals surface area contributed by atoms with Crippen LogP contribution in [0.15, 0.2) is 18.2 Å². The highest BCUT2D eigenvalue weighted by Gasteiger charge is 2.31. The molecule has 1 fully saturated rings. The molecule has 1 aliphatic rings. The molecule has 5 nitrogen and oxygen atoms in total. The summed E-state index contributed by atoms with van der Waals surface area (Å²) in [6.07, 6.45) is 0. The molecule has 22 heavy (non-hydrogen) atoms. The average Bonchev–Trinajstić information content (AvgIpc) is 2.50. The normalized spacial score (nSPS) is 22.2. The van der Waals surface area contributed by atoms with E-state index in [4.69, 9.17) is 5.26 Å². The van der Waals surface area contributed by atoms with Gasteiger partial charge in [-0.05, 0) is 38.6 Å². The summed E-state index contributed by atoms with van der Waals surface area (Å²) in [5.74, 6) is -0.493. The molecule has 1 aromatic carbocycles. The van der Waals surface area contributed by atoms with Gasteiger partial charge in [0.2, 0.25) is 0 Å². The Labute approximate surface area is 130 Å². The second-order valence-electron chi connectivity index (χ2n) is 5.67. The Bertz CT molecular complexity index is 598. The molecule has 1 N–H and O–H groups in total. The lowest BCUT2D eigenvalue weighted by Crippen LogP contribution is -2.58. The third-order valence-corrected chi connectivity index (χ3v) is 4.13. The maximum Gasteiger partial charge on any atom is 0.322 e. The maximum atomic E-state index is 13.1. The van der Waals surface area contributed by atoms with Crippen LogP contribution in [0, 0.1) is 17.1 Å². The van der Waals surface area contributed by atoms with E-state index in [-0.39, 0.29) is 23.7 Å². The van der Waals surface area contributed by atoms with E-state index < -0.39 is 5.82 Å². The predicted octanol–water partition coefficient (Wildman–Crippen LogP) is 2.64. The van der Waals surface area contributed by atoms with E-state index >= 15 is 0 Å². The molecule has 2 rings (SSSR count). The first-order valence-corrected chi connectivity index (χ1v) is 7.47. The molecule has 2 amide bonds. The summed E-state index contributed by atoms with van der Waals surface area (Å²) >= 11 is 0. The van der Waals surface area contributed by atoms with Crippen LogP contribution >= 0.6 is 0 Å². The Balaban J connectivity index is 2.11. The van der Waals surface area contributed by atoms with Crippen molar-refractivity contribution < 1.29 is 9.18 Å². The summed E-state index contributed by atoms with van der Waals surface area (Å²) in [6, 6.07) is 5.79. The van der Waals surface area contributed by atoms with Crippen LogP contribution < -0.4 is 5.32 Å². The van der Waals surface area contributed by atoms with Crippen molar-refractivity contribution in [1.29, 1.82) is 5.26 Å². The molecule has 0 saturated carbocycles. The van der Waals surface area contributed by atoms with Crippen molar-refractivity contribution in [2.24, 2.45) is 0 Å². The lowest BCUT2D eigenvalue weighted by atomic mass is 10.1. The first-order chi connectivity index (χ1) is 10.5. The van der Waals surface area contributed by atoms with Gasteiger partial charge < -0.3 is 10.2 Å². The first-order valence-electron chi connectivity index (χ1n) is 7.47. The van der Waals surface area contributed by atoms with Gasteiger partial charge in [-0.3, -0.25) is 4.90 Å². The van der Waals surface area contributed by atoms with Crippen molar-refractivity contribution in [3.8, 4) is 6.07 Å². The number of nitrogens with zero attached hydrogens (tertiary/aromatic N) is 3. The van der Waals surface area contributed by atoms with Gasteiger partial charge in [-0.15, -0.1) is 0 Å². The van der Waals surface area contributed by atoms with Gasteiger partial charge in [0.15, 0.2) is 0 Å². The molecule has 0 spiro atoms. The third kappa shape index (κ3) is 3.37. The van der Waals surface area contributed by atoms with Gasteiger partial charge in [0.1, 0.15) is 11.9 Å². The minimum Gasteiger partial charge on any atom is -0.319 e. The number of nitrogens with one attached hydrogen (secondary N) is 1. The number of urea groups is 1. The summed E-state index contributed by atoms with van der Waals surface area (Å²) in [4.78, 5) is 16.6. The number of likely N-dealkylation sites (N-methyl/N-ethyl adjacent to an activating group) is 1. The molecular weight excluding hydrogens is 283 g/mol. The molecule has 0 radical (unpaired) electrons. The molecule has 1 saturated heterocycles. The van der Waals surface area contributed by atoms with Crippen LogP contribution in [0.2, 0.25) is 0 Å². The number of amides is 2. The highest BCUT2D eigenvalue weighted by atomic mass is 19.1. The number of carbonyl (C=O) groups excluding carboxylic acids is 1. The Morgan fingerprint density at radius 1 is 1.41 bits per heavy atom. The van der Waals surface area contributed by atoms with Crippen molar-refractivity contribution in [3.63, 3.8) is 0 Å². The van der Waals surface area contributed by atoms with Crippen molar-refractivity contribution in [2.45, 2.75) is 32.9 Å². The van der Waals surface area contributed by atoms with Crippen LogP contribution in [0.25, 0.3) is 0 Å². The number of benzene rings is 1. The molecule has 6 heteroatoms. The Hall–Kier alpha value is -2.13. The average molecular weight is 304 g/mol. The fraction of sp³-hybridized carbons (Fsp3) is 0.500. The van der Waals surface area contributed by atoms with Crippen LogP contribution in [0.1, 0.15) is 26.3 Å². The highest BCUT2D eigenvalue weighted by Crippen LogP contribution is 2.19. The molecule has 0 bridgehead atoms. The maximum absolute atomic E-state index is 13.1. The van der Waals surface area contributed by atoms with E-state index in [2.05, 4.69) is 24.1 Å². The van der Waals surface area contributed by atoms with E-state index in [0.29, 0.717) is 12.2 Å². The SMILES string of the molecule is CCN1C[C@H](C)N(C(=O)Nc2ccc(F)cc2C#N)C[C@@H]1C. The number of hydrogen-bond acceptors (Lipinski definition) is 3. The lowest BCUT2D eigenvalue weighted by molar-refractivity contribution is 0.0720. The van der Waals surface area contributed by atoms with E-state index in [1.165, 1.54) is 12.1 Å². The van der Waals surface area contributed by atoms with Crippen LogP contribution in [0.3, 0.4) is 0 Å². The standard InChI is InChI=1S/C16H21FN4O/c1-4-20-9-12(3)21(10-11(20)2)16(22)19-15-6-5-14(17)7-13(15)8-18/h5-7,11-12H,4,9-10H2,1-3H3,(H,19,22)/t11-,12-/m0/s1. The summed E-state index contributed by atoms with van der Waals surface area (Å²) in [7, 11) is 0. The van der Waals surface area contributed by atoms with Gasteiger partial charge in [-0.2, -0.15) is 5.26 Å². The van der Waals surface area contributed by atoms with Crippen LogP contribution in [-0.4, -0.2) is 47.5 Å². The number of rotatable bonds is 2. The summed E-state index contributed by atoms with van der Waals surface area (Å²) < 4.78 is 13.1. The minimum atomic E-state index is -0.493. The molecule has 0 unspecified atom stereocenters. The second-order valence-corrected chi connectivity index (χ2v) is 5.67. The number of hydrogen-bond donors (Lipinski definition) is 1. The fourth-order valence-electron chi connectivity index (χ4n) is 2.83. The molecule has 1 aliphatic heterocycles. The van der Waals surface area contributed by atoms with E-state index in [9.17, 15) is 9.18 Å². The Kier molecular flexibility index (Phi) is 4.99. The van der Waals surface area contributed by atoms with Gasteiger partial charge in [-0.1, -0.05) is 6.92 Å². The minimum absolute atomic E-state index is 0.0853. The molecule has 0 aromatic heterocycles. The highest BCUT2D eigenvalue weighted by molar-refractivity contribution is 5.91. The summed E-state index contributed by atoms with van der Waals surface area (Å²) in [5, 5.41) is 11.8. The van der Waals surface area contributed by atoms with Crippen LogP contribution in [-0.2, 0) is 0 Å². The van der Waals surface area contributed by atoms with Crippen molar-refractivity contribution in [2.75, 3.05) is 25.0 Å². The number of halogens is 1. The molecular formula is C16H21FN4O. The van der Waals surface area contributed by atoms with Crippen molar-refractivity contribution >= 4 is 11.7 Å². The fourth-order valence-corrected chi connectivity index (χ4v) is 2.83. The summed E-state index contributed by atoms with van der Waals surface area (Å²) in [5.41, 5.74) is 0.466. The lowest BCUT2D eigenvalue weighted by Gasteiger charge is -2.43. The van der Waals surface area contributed by atoms with E-state index in [1.807, 2.05) is 13.0 Å². The smallest absolute Gasteiger partial charge is 0.319 e. The first kappa shape index (κ1) is 16.2. The third-order valence-electron chi connectivity index (χ3n) is 4.13. The monoisotopic (exact) mass is 304 g/mol. The number of piperazine rings is 1. The second kappa shape index (κ2) is 6.75. The van der Waals surface area contributed by atoms with Crippen LogP contribution in [0.4, 0.5) is 14.9 Å². The number of anilines is 1. The van der Waals surface area contributed by atoms with Gasteiger partial charge in [0.25, 0.3) is 0 Å². The zero-order valence-corrected chi connectivity index (χ0v) is 13.1. The van der Waals surface area contributed by atoms with Gasteiger partial charge in [-0.25, -0.2) is 9.18 Å². The number of nitriles is 1. The van der Waals surface area contributed by atoms with Gasteiger partial charge in [0.05, 0.1) is 11.3 Å². The largest absolute Gasteiger partial charge is 0.322 e. The molecule has 1 aromatic rings. The molecule has 118 valence electrons.